The maximum atomic E-state index is 5.70. The molecule has 2 rings (SSSR count). The highest BCUT2D eigenvalue weighted by Crippen LogP contribution is 2.34. The van der Waals surface area contributed by atoms with Crippen molar-refractivity contribution in [3.05, 3.63) is 0 Å². The molecule has 1 aliphatic rings. The minimum atomic E-state index is 0.183. The van der Waals surface area contributed by atoms with E-state index in [1.165, 1.54) is 0 Å². The molecular weight excluding hydrogens is 180 g/mol. The molecule has 1 aromatic heterocycles. The van der Waals surface area contributed by atoms with E-state index in [0.29, 0.717) is 17.3 Å². The smallest absolute Gasteiger partial charge is 0.224 e. The average Bonchev–Trinajstić information content (AvgIpc) is 2.07. The van der Waals surface area contributed by atoms with Crippen molar-refractivity contribution in [2.75, 3.05) is 30.0 Å². The van der Waals surface area contributed by atoms with Crippen molar-refractivity contribution in [1.82, 2.24) is 9.97 Å². The molecule has 1 aliphatic heterocycles. The van der Waals surface area contributed by atoms with Gasteiger partial charge in [-0.05, 0) is 6.92 Å². The van der Waals surface area contributed by atoms with Crippen LogP contribution in [0.1, 0.15) is 6.92 Å². The van der Waals surface area contributed by atoms with Gasteiger partial charge in [0.05, 0.1) is 6.54 Å². The van der Waals surface area contributed by atoms with Crippen LogP contribution < -0.4 is 16.4 Å². The molecule has 0 radical (unpaired) electrons. The second-order valence-electron chi connectivity index (χ2n) is 3.34. The molecule has 0 aliphatic carbocycles. The summed E-state index contributed by atoms with van der Waals surface area (Å²) in [6, 6.07) is 0. The molecule has 4 N–H and O–H groups in total. The molecular formula is C8H12N6. The highest BCUT2D eigenvalue weighted by molar-refractivity contribution is 5.95. The molecule has 0 unspecified atom stereocenters. The van der Waals surface area contributed by atoms with Crippen molar-refractivity contribution in [3.8, 4) is 0 Å². The summed E-state index contributed by atoms with van der Waals surface area (Å²) >= 11 is 0. The standard InChI is InChI=1S/C8H12N6/c1-4-3-14(2)7-5(11-4)6(9)12-8(10)13-7/h3H2,1-2H3,(H4,9,10,12,13). The normalized spacial score (nSPS) is 15.0. The van der Waals surface area contributed by atoms with Gasteiger partial charge in [-0.1, -0.05) is 0 Å². The molecule has 0 bridgehead atoms. The van der Waals surface area contributed by atoms with Gasteiger partial charge in [0, 0.05) is 12.8 Å². The fourth-order valence-electron chi connectivity index (χ4n) is 1.50. The van der Waals surface area contributed by atoms with Crippen LogP contribution >= 0.6 is 0 Å². The van der Waals surface area contributed by atoms with E-state index >= 15 is 0 Å². The molecule has 6 nitrogen and oxygen atoms in total. The van der Waals surface area contributed by atoms with E-state index in [1.54, 1.807) is 0 Å². The molecule has 0 saturated heterocycles. The zero-order chi connectivity index (χ0) is 10.3. The third-order valence-corrected chi connectivity index (χ3v) is 2.04. The fourth-order valence-corrected chi connectivity index (χ4v) is 1.50. The second-order valence-corrected chi connectivity index (χ2v) is 3.34. The summed E-state index contributed by atoms with van der Waals surface area (Å²) in [4.78, 5) is 14.2. The number of fused-ring (bicyclic) bond motifs is 1. The van der Waals surface area contributed by atoms with E-state index in [2.05, 4.69) is 15.0 Å². The first-order chi connectivity index (χ1) is 6.58. The predicted molar refractivity (Wildman–Crippen MR) is 56.9 cm³/mol. The van der Waals surface area contributed by atoms with Crippen LogP contribution in [0, 0.1) is 0 Å². The van der Waals surface area contributed by atoms with Crippen molar-refractivity contribution >= 4 is 29.0 Å². The molecule has 1 aromatic rings. The Kier molecular flexibility index (Phi) is 1.77. The lowest BCUT2D eigenvalue weighted by molar-refractivity contribution is 0.977. The number of hydrogen-bond acceptors (Lipinski definition) is 6. The molecule has 0 saturated carbocycles. The number of hydrogen-bond donors (Lipinski definition) is 2. The van der Waals surface area contributed by atoms with Crippen LogP contribution in [0.25, 0.3) is 0 Å². The number of nitrogen functional groups attached to an aromatic ring is 2. The Hall–Kier alpha value is -1.85. The van der Waals surface area contributed by atoms with Crippen molar-refractivity contribution in [3.63, 3.8) is 0 Å². The zero-order valence-corrected chi connectivity index (χ0v) is 8.15. The van der Waals surface area contributed by atoms with E-state index < -0.39 is 0 Å². The zero-order valence-electron chi connectivity index (χ0n) is 8.15. The molecule has 14 heavy (non-hydrogen) atoms. The minimum Gasteiger partial charge on any atom is -0.382 e. The molecule has 6 heteroatoms. The van der Waals surface area contributed by atoms with Gasteiger partial charge >= 0.3 is 0 Å². The van der Waals surface area contributed by atoms with Crippen LogP contribution in [0.4, 0.5) is 23.3 Å². The first-order valence-corrected chi connectivity index (χ1v) is 4.26. The average molecular weight is 192 g/mol. The number of anilines is 3. The highest BCUT2D eigenvalue weighted by atomic mass is 15.2. The number of nitrogens with zero attached hydrogens (tertiary/aromatic N) is 4. The lowest BCUT2D eigenvalue weighted by Gasteiger charge is -2.24. The first-order valence-electron chi connectivity index (χ1n) is 4.26. The van der Waals surface area contributed by atoms with Gasteiger partial charge in [-0.15, -0.1) is 0 Å². The highest BCUT2D eigenvalue weighted by Gasteiger charge is 2.19. The summed E-state index contributed by atoms with van der Waals surface area (Å²) in [6.45, 7) is 2.68. The van der Waals surface area contributed by atoms with Gasteiger partial charge in [0.1, 0.15) is 5.69 Å². The van der Waals surface area contributed by atoms with Crippen LogP contribution in [0.2, 0.25) is 0 Å². The van der Waals surface area contributed by atoms with Crippen LogP contribution in [0.3, 0.4) is 0 Å². The Balaban J connectivity index is 2.65. The van der Waals surface area contributed by atoms with E-state index in [1.807, 2.05) is 18.9 Å². The second kappa shape index (κ2) is 2.83. The molecule has 74 valence electrons. The van der Waals surface area contributed by atoms with Gasteiger partial charge in [0.2, 0.25) is 5.95 Å². The Morgan fingerprint density at radius 2 is 2.00 bits per heavy atom. The summed E-state index contributed by atoms with van der Waals surface area (Å²) in [5.41, 5.74) is 12.8. The van der Waals surface area contributed by atoms with Gasteiger partial charge in [-0.2, -0.15) is 9.97 Å². The number of aliphatic imine (C=N–C) groups is 1. The van der Waals surface area contributed by atoms with Gasteiger partial charge in [0.15, 0.2) is 11.6 Å². The Morgan fingerprint density at radius 3 is 2.71 bits per heavy atom. The van der Waals surface area contributed by atoms with Gasteiger partial charge in [-0.3, -0.25) is 0 Å². The predicted octanol–water partition coefficient (Wildman–Crippen LogP) is 0.183. The van der Waals surface area contributed by atoms with E-state index in [0.717, 1.165) is 12.3 Å². The first kappa shape index (κ1) is 8.74. The van der Waals surface area contributed by atoms with E-state index in [9.17, 15) is 0 Å². The van der Waals surface area contributed by atoms with Crippen molar-refractivity contribution < 1.29 is 0 Å². The molecule has 0 spiro atoms. The van der Waals surface area contributed by atoms with Crippen LogP contribution in [-0.2, 0) is 0 Å². The largest absolute Gasteiger partial charge is 0.382 e. The van der Waals surface area contributed by atoms with E-state index in [4.69, 9.17) is 11.5 Å². The Labute approximate surface area is 81.7 Å². The Morgan fingerprint density at radius 1 is 1.29 bits per heavy atom. The van der Waals surface area contributed by atoms with Gasteiger partial charge in [-0.25, -0.2) is 4.99 Å². The number of rotatable bonds is 0. The van der Waals surface area contributed by atoms with Gasteiger partial charge in [0.25, 0.3) is 0 Å². The monoisotopic (exact) mass is 192 g/mol. The maximum absolute atomic E-state index is 5.70. The van der Waals surface area contributed by atoms with Crippen LogP contribution in [0.15, 0.2) is 4.99 Å². The summed E-state index contributed by atoms with van der Waals surface area (Å²) in [6.07, 6.45) is 0. The summed E-state index contributed by atoms with van der Waals surface area (Å²) < 4.78 is 0. The van der Waals surface area contributed by atoms with Crippen LogP contribution in [-0.4, -0.2) is 29.3 Å². The maximum Gasteiger partial charge on any atom is 0.224 e. The number of nitrogens with two attached hydrogens (primary N) is 2. The SMILES string of the molecule is CC1=Nc2c(N)nc(N)nc2N(C)C1. The molecule has 2 heterocycles. The molecule has 0 amide bonds. The third kappa shape index (κ3) is 1.24. The molecule has 0 fully saturated rings. The Bertz CT molecular complexity index is 411. The summed E-state index contributed by atoms with van der Waals surface area (Å²) in [5.74, 6) is 1.21. The molecule has 0 aromatic carbocycles. The van der Waals surface area contributed by atoms with Crippen molar-refractivity contribution in [2.45, 2.75) is 6.92 Å². The van der Waals surface area contributed by atoms with E-state index in [-0.39, 0.29) is 5.95 Å². The van der Waals surface area contributed by atoms with Crippen molar-refractivity contribution in [2.24, 2.45) is 4.99 Å². The lowest BCUT2D eigenvalue weighted by Crippen LogP contribution is -2.28. The summed E-state index contributed by atoms with van der Waals surface area (Å²) in [7, 11) is 1.92. The quantitative estimate of drug-likeness (QED) is 0.611. The third-order valence-electron chi connectivity index (χ3n) is 2.04. The fraction of sp³-hybridized carbons (Fsp3) is 0.375. The van der Waals surface area contributed by atoms with Gasteiger partial charge < -0.3 is 16.4 Å². The summed E-state index contributed by atoms with van der Waals surface area (Å²) in [5, 5.41) is 0. The van der Waals surface area contributed by atoms with Crippen LogP contribution in [0.5, 0.6) is 0 Å². The van der Waals surface area contributed by atoms with Crippen molar-refractivity contribution in [1.29, 1.82) is 0 Å². The minimum absolute atomic E-state index is 0.183. The topological polar surface area (TPSA) is 93.4 Å². The molecule has 0 atom stereocenters. The number of aromatic nitrogens is 2. The lowest BCUT2D eigenvalue weighted by atomic mass is 10.3.